The third kappa shape index (κ3) is 4.47. The Balaban J connectivity index is 1.80. The first-order valence-electron chi connectivity index (χ1n) is 10.1. The van der Waals surface area contributed by atoms with E-state index < -0.39 is 39.2 Å². The van der Waals surface area contributed by atoms with Gasteiger partial charge in [-0.15, -0.1) is 0 Å². The zero-order valence-corrected chi connectivity index (χ0v) is 19.0. The van der Waals surface area contributed by atoms with Crippen molar-refractivity contribution < 1.29 is 27.7 Å². The molecule has 1 aliphatic rings. The van der Waals surface area contributed by atoms with Gasteiger partial charge in [-0.1, -0.05) is 19.9 Å². The zero-order valence-electron chi connectivity index (χ0n) is 18.2. The van der Waals surface area contributed by atoms with Gasteiger partial charge in [-0.3, -0.25) is 29.4 Å². The van der Waals surface area contributed by atoms with Crippen molar-refractivity contribution in [3.05, 3.63) is 63.2 Å². The number of rotatable bonds is 8. The second-order valence-corrected chi connectivity index (χ2v) is 9.21. The number of carbonyl (C=O) groups is 3. The summed E-state index contributed by atoms with van der Waals surface area (Å²) >= 11 is 0. The molecule has 0 saturated heterocycles. The Morgan fingerprint density at radius 2 is 1.70 bits per heavy atom. The number of imide groups is 1. The molecule has 2 aromatic carbocycles. The van der Waals surface area contributed by atoms with Gasteiger partial charge in [0.25, 0.3) is 17.5 Å². The molecule has 0 saturated carbocycles. The summed E-state index contributed by atoms with van der Waals surface area (Å²) in [5.41, 5.74) is 0.166. The average molecular weight is 474 g/mol. The van der Waals surface area contributed by atoms with Gasteiger partial charge in [0, 0.05) is 30.9 Å². The number of hydrogen-bond donors (Lipinski definition) is 1. The summed E-state index contributed by atoms with van der Waals surface area (Å²) in [4.78, 5) is 48.6. The lowest BCUT2D eigenvalue weighted by Gasteiger charge is -2.20. The third-order valence-electron chi connectivity index (χ3n) is 5.26. The number of fused-ring (bicyclic) bond motifs is 1. The van der Waals surface area contributed by atoms with Crippen LogP contribution >= 0.6 is 0 Å². The van der Waals surface area contributed by atoms with Crippen LogP contribution in [0, 0.1) is 17.0 Å². The molecule has 0 aliphatic carbocycles. The highest BCUT2D eigenvalue weighted by molar-refractivity contribution is 7.89. The number of benzene rings is 2. The maximum absolute atomic E-state index is 12.9. The van der Waals surface area contributed by atoms with Crippen molar-refractivity contribution >= 4 is 39.1 Å². The van der Waals surface area contributed by atoms with Crippen LogP contribution in [0.2, 0.25) is 0 Å². The predicted octanol–water partition coefficient (Wildman–Crippen LogP) is 2.17. The van der Waals surface area contributed by atoms with Gasteiger partial charge in [0.05, 0.1) is 20.9 Å². The number of nitrogens with one attached hydrogen (secondary N) is 1. The van der Waals surface area contributed by atoms with E-state index in [-0.39, 0.29) is 40.5 Å². The van der Waals surface area contributed by atoms with Crippen molar-refractivity contribution in [2.45, 2.75) is 25.7 Å². The molecule has 0 spiro atoms. The summed E-state index contributed by atoms with van der Waals surface area (Å²) in [5.74, 6) is -2.29. The van der Waals surface area contributed by atoms with Crippen LogP contribution in [-0.2, 0) is 14.8 Å². The van der Waals surface area contributed by atoms with Crippen molar-refractivity contribution in [1.82, 2.24) is 9.21 Å². The molecule has 1 heterocycles. The fraction of sp³-hybridized carbons (Fsp3) is 0.286. The molecule has 12 heteroatoms. The van der Waals surface area contributed by atoms with Crippen molar-refractivity contribution in [2.75, 3.05) is 25.0 Å². The zero-order chi connectivity index (χ0) is 24.5. The first-order valence-corrected chi connectivity index (χ1v) is 11.5. The van der Waals surface area contributed by atoms with Gasteiger partial charge in [-0.25, -0.2) is 8.42 Å². The molecule has 1 aliphatic heterocycles. The minimum atomic E-state index is -3.77. The van der Waals surface area contributed by atoms with E-state index in [1.165, 1.54) is 22.5 Å². The Labute approximate surface area is 190 Å². The van der Waals surface area contributed by atoms with Crippen LogP contribution in [0.15, 0.2) is 41.3 Å². The van der Waals surface area contributed by atoms with Gasteiger partial charge in [0.1, 0.15) is 6.54 Å². The first kappa shape index (κ1) is 24.0. The van der Waals surface area contributed by atoms with Crippen molar-refractivity contribution in [3.8, 4) is 0 Å². The summed E-state index contributed by atoms with van der Waals surface area (Å²) in [6.07, 6.45) is 0. The SMILES string of the molecule is CCN(CC)S(=O)(=O)c1cc(NC(=O)CN2C(=O)c3ccc([N+](=O)[O-])cc3C2=O)ccc1C. The summed E-state index contributed by atoms with van der Waals surface area (Å²) in [5, 5.41) is 13.4. The summed E-state index contributed by atoms with van der Waals surface area (Å²) < 4.78 is 27.1. The number of aryl methyl sites for hydroxylation is 1. The lowest BCUT2D eigenvalue weighted by Crippen LogP contribution is -2.37. The monoisotopic (exact) mass is 474 g/mol. The van der Waals surface area contributed by atoms with Gasteiger partial charge in [0.15, 0.2) is 0 Å². The number of sulfonamides is 1. The number of nitrogens with zero attached hydrogens (tertiary/aromatic N) is 3. The molecule has 0 unspecified atom stereocenters. The normalized spacial score (nSPS) is 13.4. The first-order chi connectivity index (χ1) is 15.5. The highest BCUT2D eigenvalue weighted by Crippen LogP contribution is 2.27. The van der Waals surface area contributed by atoms with E-state index in [1.807, 2.05) is 0 Å². The van der Waals surface area contributed by atoms with Crippen LogP contribution in [0.5, 0.6) is 0 Å². The van der Waals surface area contributed by atoms with Gasteiger partial charge in [-0.05, 0) is 30.7 Å². The predicted molar refractivity (Wildman–Crippen MR) is 118 cm³/mol. The van der Waals surface area contributed by atoms with Crippen LogP contribution in [-0.4, -0.2) is 59.9 Å². The lowest BCUT2D eigenvalue weighted by atomic mass is 10.1. The Morgan fingerprint density at radius 1 is 1.06 bits per heavy atom. The Bertz CT molecular complexity index is 1270. The van der Waals surface area contributed by atoms with Gasteiger partial charge in [0.2, 0.25) is 15.9 Å². The minimum absolute atomic E-state index is 0.0265. The number of anilines is 1. The van der Waals surface area contributed by atoms with Crippen LogP contribution in [0.1, 0.15) is 40.1 Å². The van der Waals surface area contributed by atoms with Crippen molar-refractivity contribution in [2.24, 2.45) is 0 Å². The molecular formula is C21H22N4O7S. The number of nitro groups is 1. The molecule has 33 heavy (non-hydrogen) atoms. The lowest BCUT2D eigenvalue weighted by molar-refractivity contribution is -0.384. The number of non-ortho nitro benzene ring substituents is 1. The molecule has 2 aromatic rings. The molecule has 0 aromatic heterocycles. The van der Waals surface area contributed by atoms with Gasteiger partial charge in [-0.2, -0.15) is 4.31 Å². The molecule has 174 valence electrons. The summed E-state index contributed by atoms with van der Waals surface area (Å²) in [6, 6.07) is 7.67. The average Bonchev–Trinajstić information content (AvgIpc) is 3.00. The van der Waals surface area contributed by atoms with E-state index in [0.717, 1.165) is 12.1 Å². The van der Waals surface area contributed by atoms with Crippen molar-refractivity contribution in [3.63, 3.8) is 0 Å². The number of amides is 3. The number of carbonyl (C=O) groups excluding carboxylic acids is 3. The molecular weight excluding hydrogens is 452 g/mol. The van der Waals surface area contributed by atoms with Crippen LogP contribution in [0.3, 0.4) is 0 Å². The molecule has 1 N–H and O–H groups in total. The van der Waals surface area contributed by atoms with Crippen LogP contribution in [0.25, 0.3) is 0 Å². The van der Waals surface area contributed by atoms with E-state index in [4.69, 9.17) is 0 Å². The van der Waals surface area contributed by atoms with E-state index >= 15 is 0 Å². The fourth-order valence-corrected chi connectivity index (χ4v) is 5.25. The highest BCUT2D eigenvalue weighted by Gasteiger charge is 2.38. The molecule has 0 atom stereocenters. The summed E-state index contributed by atoms with van der Waals surface area (Å²) in [6.45, 7) is 5.02. The van der Waals surface area contributed by atoms with Gasteiger partial charge >= 0.3 is 0 Å². The Kier molecular flexibility index (Phi) is 6.60. The maximum Gasteiger partial charge on any atom is 0.270 e. The van der Waals surface area contributed by atoms with Crippen LogP contribution < -0.4 is 5.32 Å². The smallest absolute Gasteiger partial charge is 0.270 e. The second kappa shape index (κ2) is 9.08. The Morgan fingerprint density at radius 3 is 2.30 bits per heavy atom. The van der Waals surface area contributed by atoms with E-state index in [9.17, 15) is 32.9 Å². The van der Waals surface area contributed by atoms with Crippen molar-refractivity contribution in [1.29, 1.82) is 0 Å². The molecule has 0 bridgehead atoms. The standard InChI is InChI=1S/C21H22N4O7S/c1-4-23(5-2)33(31,32)18-10-14(7-6-13(18)3)22-19(26)12-24-20(27)16-9-8-15(25(29)30)11-17(16)21(24)28/h6-11H,4-5,12H2,1-3H3,(H,22,26). The Hall–Kier alpha value is -3.64. The second-order valence-electron chi connectivity index (χ2n) is 7.30. The van der Waals surface area contributed by atoms with Crippen LogP contribution in [0.4, 0.5) is 11.4 Å². The minimum Gasteiger partial charge on any atom is -0.324 e. The molecule has 0 radical (unpaired) electrons. The molecule has 11 nitrogen and oxygen atoms in total. The van der Waals surface area contributed by atoms with E-state index in [1.54, 1.807) is 26.8 Å². The van der Waals surface area contributed by atoms with E-state index in [0.29, 0.717) is 10.5 Å². The van der Waals surface area contributed by atoms with Gasteiger partial charge < -0.3 is 5.32 Å². The highest BCUT2D eigenvalue weighted by atomic mass is 32.2. The molecule has 0 fully saturated rings. The quantitative estimate of drug-likeness (QED) is 0.350. The summed E-state index contributed by atoms with van der Waals surface area (Å²) in [7, 11) is -3.77. The maximum atomic E-state index is 12.9. The topological polar surface area (TPSA) is 147 Å². The largest absolute Gasteiger partial charge is 0.324 e. The number of nitro benzene ring substituents is 1. The third-order valence-corrected chi connectivity index (χ3v) is 7.45. The fourth-order valence-electron chi connectivity index (χ4n) is 3.54. The van der Waals surface area contributed by atoms with E-state index in [2.05, 4.69) is 5.32 Å². The molecule has 3 amide bonds. The molecule has 3 rings (SSSR count). The number of hydrogen-bond acceptors (Lipinski definition) is 7.